The second-order valence-corrected chi connectivity index (χ2v) is 7.58. The second kappa shape index (κ2) is 10.5. The Morgan fingerprint density at radius 1 is 0.719 bits per heavy atom. The first-order valence-corrected chi connectivity index (χ1v) is 10.7. The van der Waals surface area contributed by atoms with Crippen LogP contribution in [0.2, 0.25) is 0 Å². The Bertz CT molecular complexity index is 1130. The zero-order valence-corrected chi connectivity index (χ0v) is 17.8. The van der Waals surface area contributed by atoms with Crippen molar-refractivity contribution in [2.75, 3.05) is 6.61 Å². The van der Waals surface area contributed by atoms with Crippen LogP contribution >= 0.6 is 0 Å². The third-order valence-corrected chi connectivity index (χ3v) is 5.42. The van der Waals surface area contributed by atoms with Crippen LogP contribution < -0.4 is 4.74 Å². The highest BCUT2D eigenvalue weighted by Gasteiger charge is 2.20. The van der Waals surface area contributed by atoms with Gasteiger partial charge in [0.15, 0.2) is 0 Å². The molecule has 4 rings (SSSR count). The van der Waals surface area contributed by atoms with Gasteiger partial charge in [0.05, 0.1) is 6.61 Å². The molecule has 1 atom stereocenters. The van der Waals surface area contributed by atoms with E-state index in [0.29, 0.717) is 6.61 Å². The van der Waals surface area contributed by atoms with Crippen LogP contribution in [0.3, 0.4) is 0 Å². The maximum atomic E-state index is 9.79. The van der Waals surface area contributed by atoms with Crippen molar-refractivity contribution < 1.29 is 14.9 Å². The average molecular weight is 423 g/mol. The standard InChI is InChI=1S/C29H26O3/c30-20-19-28(23-9-5-2-6-10-23)29(24-11-15-26(31)16-12-24)25-13-17-27(18-14-25)32-21-22-7-3-1-4-8-22/h1-19,29-31H,20-21H2. The highest BCUT2D eigenvalue weighted by atomic mass is 16.5. The SMILES string of the molecule is OCC=C(c1ccccc1)C(c1ccc(O)cc1)c1ccc(OCc2ccccc2)cc1. The van der Waals surface area contributed by atoms with Crippen molar-refractivity contribution in [1.82, 2.24) is 0 Å². The van der Waals surface area contributed by atoms with Gasteiger partial charge >= 0.3 is 0 Å². The summed E-state index contributed by atoms with van der Waals surface area (Å²) < 4.78 is 5.95. The molecule has 2 N–H and O–H groups in total. The Kier molecular flexibility index (Phi) is 7.01. The van der Waals surface area contributed by atoms with Gasteiger partial charge in [0.25, 0.3) is 0 Å². The van der Waals surface area contributed by atoms with E-state index in [4.69, 9.17) is 4.74 Å². The Morgan fingerprint density at radius 2 is 1.28 bits per heavy atom. The lowest BCUT2D eigenvalue weighted by atomic mass is 9.81. The molecule has 0 fully saturated rings. The number of aromatic hydroxyl groups is 1. The van der Waals surface area contributed by atoms with E-state index in [-0.39, 0.29) is 18.3 Å². The molecule has 4 aromatic rings. The molecular weight excluding hydrogens is 396 g/mol. The van der Waals surface area contributed by atoms with Crippen LogP contribution in [0.15, 0.2) is 115 Å². The molecule has 3 heteroatoms. The molecule has 0 aliphatic carbocycles. The lowest BCUT2D eigenvalue weighted by Crippen LogP contribution is -2.06. The van der Waals surface area contributed by atoms with Crippen LogP contribution in [-0.4, -0.2) is 16.8 Å². The molecule has 0 aromatic heterocycles. The lowest BCUT2D eigenvalue weighted by Gasteiger charge is -2.23. The number of ether oxygens (including phenoxy) is 1. The van der Waals surface area contributed by atoms with Crippen LogP contribution in [0.4, 0.5) is 0 Å². The molecule has 0 saturated heterocycles. The van der Waals surface area contributed by atoms with Gasteiger partial charge in [-0.3, -0.25) is 0 Å². The van der Waals surface area contributed by atoms with Crippen LogP contribution in [0.1, 0.15) is 28.2 Å². The van der Waals surface area contributed by atoms with Gasteiger partial charge in [0, 0.05) is 5.92 Å². The molecule has 0 bridgehead atoms. The summed E-state index contributed by atoms with van der Waals surface area (Å²) in [5.41, 5.74) is 5.28. The van der Waals surface area contributed by atoms with Crippen molar-refractivity contribution >= 4 is 5.57 Å². The van der Waals surface area contributed by atoms with Crippen LogP contribution in [0.25, 0.3) is 5.57 Å². The Hall–Kier alpha value is -3.82. The Labute approximate surface area is 188 Å². The molecule has 0 aliphatic heterocycles. The zero-order chi connectivity index (χ0) is 22.2. The summed E-state index contributed by atoms with van der Waals surface area (Å²) >= 11 is 0. The van der Waals surface area contributed by atoms with E-state index in [0.717, 1.165) is 33.6 Å². The predicted octanol–water partition coefficient (Wildman–Crippen LogP) is 6.18. The molecule has 3 nitrogen and oxygen atoms in total. The number of allylic oxidation sites excluding steroid dienone is 1. The van der Waals surface area contributed by atoms with Crippen molar-refractivity contribution in [2.45, 2.75) is 12.5 Å². The normalized spacial score (nSPS) is 12.3. The zero-order valence-electron chi connectivity index (χ0n) is 17.8. The predicted molar refractivity (Wildman–Crippen MR) is 129 cm³/mol. The van der Waals surface area contributed by atoms with Crippen molar-refractivity contribution in [3.8, 4) is 11.5 Å². The molecular formula is C29H26O3. The van der Waals surface area contributed by atoms with E-state index in [1.807, 2.05) is 91.0 Å². The largest absolute Gasteiger partial charge is 0.508 e. The molecule has 32 heavy (non-hydrogen) atoms. The first kappa shape index (κ1) is 21.4. The number of phenolic OH excluding ortho intramolecular Hbond substituents is 1. The summed E-state index contributed by atoms with van der Waals surface area (Å²) in [6.07, 6.45) is 1.85. The van der Waals surface area contributed by atoms with Gasteiger partial charge in [-0.25, -0.2) is 0 Å². The van der Waals surface area contributed by atoms with Gasteiger partial charge in [-0.1, -0.05) is 91.0 Å². The fraction of sp³-hybridized carbons (Fsp3) is 0.103. The van der Waals surface area contributed by atoms with Crippen LogP contribution in [-0.2, 0) is 6.61 Å². The molecule has 160 valence electrons. The van der Waals surface area contributed by atoms with E-state index in [1.165, 1.54) is 0 Å². The minimum atomic E-state index is -0.103. The quantitative estimate of drug-likeness (QED) is 0.356. The summed E-state index contributed by atoms with van der Waals surface area (Å²) in [7, 11) is 0. The Morgan fingerprint density at radius 3 is 1.88 bits per heavy atom. The molecule has 1 unspecified atom stereocenters. The summed E-state index contributed by atoms with van der Waals surface area (Å²) in [4.78, 5) is 0. The first-order valence-electron chi connectivity index (χ1n) is 10.7. The van der Waals surface area contributed by atoms with Crippen molar-refractivity contribution in [2.24, 2.45) is 0 Å². The summed E-state index contributed by atoms with van der Waals surface area (Å²) in [6.45, 7) is 0.457. The second-order valence-electron chi connectivity index (χ2n) is 7.58. The number of phenols is 1. The van der Waals surface area contributed by atoms with Gasteiger partial charge < -0.3 is 14.9 Å². The number of hydrogen-bond acceptors (Lipinski definition) is 3. The van der Waals surface area contributed by atoms with Crippen molar-refractivity contribution in [3.63, 3.8) is 0 Å². The molecule has 4 aromatic carbocycles. The maximum absolute atomic E-state index is 9.79. The number of aliphatic hydroxyl groups excluding tert-OH is 1. The van der Waals surface area contributed by atoms with Gasteiger partial charge in [-0.05, 0) is 52.1 Å². The van der Waals surface area contributed by atoms with E-state index in [9.17, 15) is 10.2 Å². The van der Waals surface area contributed by atoms with Gasteiger partial charge in [-0.15, -0.1) is 0 Å². The number of rotatable bonds is 8. The summed E-state index contributed by atoms with van der Waals surface area (Å²) in [6, 6.07) is 35.5. The smallest absolute Gasteiger partial charge is 0.119 e. The topological polar surface area (TPSA) is 49.7 Å². The minimum Gasteiger partial charge on any atom is -0.508 e. The fourth-order valence-electron chi connectivity index (χ4n) is 3.85. The molecule has 0 heterocycles. The fourth-order valence-corrected chi connectivity index (χ4v) is 3.85. The van der Waals surface area contributed by atoms with E-state index in [1.54, 1.807) is 12.1 Å². The van der Waals surface area contributed by atoms with Crippen molar-refractivity contribution in [1.29, 1.82) is 0 Å². The van der Waals surface area contributed by atoms with Crippen molar-refractivity contribution in [3.05, 3.63) is 138 Å². The third-order valence-electron chi connectivity index (χ3n) is 5.42. The summed E-state index contributed by atoms with van der Waals surface area (Å²) in [5.74, 6) is 0.923. The molecule has 0 radical (unpaired) electrons. The van der Waals surface area contributed by atoms with Gasteiger partial charge in [0.1, 0.15) is 18.1 Å². The molecule has 0 aliphatic rings. The Balaban J connectivity index is 1.67. The van der Waals surface area contributed by atoms with E-state index < -0.39 is 0 Å². The van der Waals surface area contributed by atoms with Crippen LogP contribution in [0.5, 0.6) is 11.5 Å². The summed E-state index contributed by atoms with van der Waals surface area (Å²) in [5, 5.41) is 19.6. The molecule has 0 spiro atoms. The van der Waals surface area contributed by atoms with Gasteiger partial charge in [0.2, 0.25) is 0 Å². The lowest BCUT2D eigenvalue weighted by molar-refractivity contribution is 0.306. The average Bonchev–Trinajstić information content (AvgIpc) is 2.85. The minimum absolute atomic E-state index is 0.0585. The highest BCUT2D eigenvalue weighted by Crippen LogP contribution is 2.38. The maximum Gasteiger partial charge on any atom is 0.119 e. The monoisotopic (exact) mass is 422 g/mol. The van der Waals surface area contributed by atoms with E-state index >= 15 is 0 Å². The van der Waals surface area contributed by atoms with E-state index in [2.05, 4.69) is 12.1 Å². The number of benzene rings is 4. The van der Waals surface area contributed by atoms with Gasteiger partial charge in [-0.2, -0.15) is 0 Å². The highest BCUT2D eigenvalue weighted by molar-refractivity contribution is 5.75. The molecule has 0 amide bonds. The number of aliphatic hydroxyl groups is 1. The first-order chi connectivity index (χ1) is 15.7. The number of hydrogen-bond donors (Lipinski definition) is 2. The van der Waals surface area contributed by atoms with Crippen LogP contribution in [0, 0.1) is 0 Å². The molecule has 0 saturated carbocycles. The third kappa shape index (κ3) is 5.26.